The van der Waals surface area contributed by atoms with Crippen LogP contribution in [0.15, 0.2) is 84.0 Å². The van der Waals surface area contributed by atoms with Crippen LogP contribution in [0.2, 0.25) is 0 Å². The summed E-state index contributed by atoms with van der Waals surface area (Å²) >= 11 is 0. The van der Waals surface area contributed by atoms with Gasteiger partial charge in [-0.2, -0.15) is 9.61 Å². The van der Waals surface area contributed by atoms with E-state index >= 15 is 0 Å². The van der Waals surface area contributed by atoms with Crippen molar-refractivity contribution in [3.63, 3.8) is 0 Å². The molecule has 3 heterocycles. The maximum atomic E-state index is 13.0. The van der Waals surface area contributed by atoms with Gasteiger partial charge >= 0.3 is 0 Å². The maximum absolute atomic E-state index is 13.0. The summed E-state index contributed by atoms with van der Waals surface area (Å²) in [5.41, 5.74) is 4.68. The SMILES string of the molecule is O=C1CCCc2ccc(S(=O)(=O)Nc3ccc(-c4ccc5nnc(-c6cccnc6)n5n4)cc3)cc21. The first-order chi connectivity index (χ1) is 17.5. The molecule has 1 aliphatic rings. The molecule has 0 spiro atoms. The van der Waals surface area contributed by atoms with Crippen LogP contribution < -0.4 is 4.72 Å². The van der Waals surface area contributed by atoms with Crippen LogP contribution in [0.3, 0.4) is 0 Å². The first-order valence-electron chi connectivity index (χ1n) is 11.4. The fourth-order valence-corrected chi connectivity index (χ4v) is 5.40. The van der Waals surface area contributed by atoms with Gasteiger partial charge in [0.15, 0.2) is 17.3 Å². The third-order valence-electron chi connectivity index (χ3n) is 6.16. The minimum Gasteiger partial charge on any atom is -0.294 e. The first-order valence-corrected chi connectivity index (χ1v) is 12.9. The molecule has 1 aliphatic carbocycles. The Hall–Kier alpha value is -4.44. The largest absolute Gasteiger partial charge is 0.294 e. The quantitative estimate of drug-likeness (QED) is 0.388. The second-order valence-corrected chi connectivity index (χ2v) is 10.2. The lowest BCUT2D eigenvalue weighted by Gasteiger charge is -2.16. The second-order valence-electron chi connectivity index (χ2n) is 8.53. The standard InChI is InChI=1S/C26H20N6O3S/c33-24-5-1-3-17-8-11-21(15-22(17)24)36(34,35)31-20-9-6-18(7-10-20)23-12-13-25-28-29-26(32(25)30-23)19-4-2-14-27-16-19/h2,4,6-16,31H,1,3,5H2. The van der Waals surface area contributed by atoms with E-state index in [-0.39, 0.29) is 10.7 Å². The number of aryl methyl sites for hydroxylation is 1. The molecule has 0 unspecified atom stereocenters. The number of nitrogens with zero attached hydrogens (tertiary/aromatic N) is 5. The number of rotatable bonds is 5. The number of ketones is 1. The number of benzene rings is 2. The van der Waals surface area contributed by atoms with Crippen LogP contribution in [0.5, 0.6) is 0 Å². The average molecular weight is 497 g/mol. The summed E-state index contributed by atoms with van der Waals surface area (Å²) in [6.45, 7) is 0. The molecule has 0 saturated carbocycles. The van der Waals surface area contributed by atoms with Gasteiger partial charge in [0.2, 0.25) is 0 Å². The molecule has 178 valence electrons. The van der Waals surface area contributed by atoms with Gasteiger partial charge in [-0.05, 0) is 66.9 Å². The number of carbonyl (C=O) groups excluding carboxylic acids is 1. The molecule has 1 N–H and O–H groups in total. The fourth-order valence-electron chi connectivity index (χ4n) is 4.32. The van der Waals surface area contributed by atoms with Crippen molar-refractivity contribution in [3.8, 4) is 22.6 Å². The summed E-state index contributed by atoms with van der Waals surface area (Å²) in [4.78, 5) is 16.4. The number of sulfonamides is 1. The number of carbonyl (C=O) groups is 1. The number of nitrogens with one attached hydrogen (secondary N) is 1. The van der Waals surface area contributed by atoms with Crippen molar-refractivity contribution in [3.05, 3.63) is 90.3 Å². The van der Waals surface area contributed by atoms with Crippen molar-refractivity contribution < 1.29 is 13.2 Å². The molecule has 0 fully saturated rings. The average Bonchev–Trinajstić information content (AvgIpc) is 3.33. The Morgan fingerprint density at radius 3 is 2.56 bits per heavy atom. The monoisotopic (exact) mass is 496 g/mol. The van der Waals surface area contributed by atoms with Gasteiger partial charge in [0.25, 0.3) is 10.0 Å². The lowest BCUT2D eigenvalue weighted by Crippen LogP contribution is -2.16. The Morgan fingerprint density at radius 2 is 1.75 bits per heavy atom. The van der Waals surface area contributed by atoms with E-state index in [0.29, 0.717) is 34.8 Å². The molecular weight excluding hydrogens is 476 g/mol. The minimum absolute atomic E-state index is 0.0121. The Kier molecular flexibility index (Phi) is 5.30. The smallest absolute Gasteiger partial charge is 0.261 e. The van der Waals surface area contributed by atoms with Gasteiger partial charge < -0.3 is 0 Å². The van der Waals surface area contributed by atoms with E-state index in [1.54, 1.807) is 53.3 Å². The molecule has 0 aliphatic heterocycles. The first kappa shape index (κ1) is 22.1. The third kappa shape index (κ3) is 4.01. The second kappa shape index (κ2) is 8.65. The highest BCUT2D eigenvalue weighted by Gasteiger charge is 2.22. The van der Waals surface area contributed by atoms with E-state index < -0.39 is 10.0 Å². The highest BCUT2D eigenvalue weighted by Crippen LogP contribution is 2.27. The lowest BCUT2D eigenvalue weighted by atomic mass is 9.91. The van der Waals surface area contributed by atoms with Gasteiger partial charge in [0.1, 0.15) is 0 Å². The molecule has 9 nitrogen and oxygen atoms in total. The molecule has 5 aromatic rings. The lowest BCUT2D eigenvalue weighted by molar-refractivity contribution is 0.0972. The highest BCUT2D eigenvalue weighted by molar-refractivity contribution is 7.92. The van der Waals surface area contributed by atoms with E-state index in [9.17, 15) is 13.2 Å². The molecule has 0 amide bonds. The van der Waals surface area contributed by atoms with E-state index in [1.807, 2.05) is 24.3 Å². The molecule has 10 heteroatoms. The molecule has 6 rings (SSSR count). The van der Waals surface area contributed by atoms with Crippen LogP contribution in [-0.4, -0.2) is 39.0 Å². The van der Waals surface area contributed by atoms with Crippen LogP contribution >= 0.6 is 0 Å². The van der Waals surface area contributed by atoms with Crippen molar-refractivity contribution in [2.75, 3.05) is 4.72 Å². The van der Waals surface area contributed by atoms with Crippen molar-refractivity contribution >= 4 is 27.1 Å². The Labute approximate surface area is 206 Å². The minimum atomic E-state index is -3.85. The molecule has 2 aromatic carbocycles. The predicted molar refractivity (Wildman–Crippen MR) is 134 cm³/mol. The van der Waals surface area contributed by atoms with Crippen LogP contribution in [0.4, 0.5) is 5.69 Å². The third-order valence-corrected chi connectivity index (χ3v) is 7.54. The predicted octanol–water partition coefficient (Wildman–Crippen LogP) is 4.17. The zero-order valence-electron chi connectivity index (χ0n) is 19.0. The van der Waals surface area contributed by atoms with Gasteiger partial charge in [-0.25, -0.2) is 8.42 Å². The highest BCUT2D eigenvalue weighted by atomic mass is 32.2. The number of hydrogen-bond acceptors (Lipinski definition) is 7. The van der Waals surface area contributed by atoms with Gasteiger partial charge in [0, 0.05) is 41.2 Å². The zero-order chi connectivity index (χ0) is 24.7. The summed E-state index contributed by atoms with van der Waals surface area (Å²) in [5.74, 6) is 0.565. The van der Waals surface area contributed by atoms with E-state index in [2.05, 4.69) is 25.0 Å². The summed E-state index contributed by atoms with van der Waals surface area (Å²) in [6, 6.07) is 19.1. The van der Waals surface area contributed by atoms with Crippen LogP contribution in [0.25, 0.3) is 28.3 Å². The molecule has 0 atom stereocenters. The number of aromatic nitrogens is 5. The number of hydrogen-bond donors (Lipinski definition) is 1. The normalized spacial score (nSPS) is 13.5. The van der Waals surface area contributed by atoms with Crippen LogP contribution in [0, 0.1) is 0 Å². The molecule has 3 aromatic heterocycles. The Bertz CT molecular complexity index is 1710. The zero-order valence-corrected chi connectivity index (χ0v) is 19.8. The van der Waals surface area contributed by atoms with E-state index in [0.717, 1.165) is 29.5 Å². The van der Waals surface area contributed by atoms with Gasteiger partial charge in [0.05, 0.1) is 10.6 Å². The number of pyridine rings is 1. The van der Waals surface area contributed by atoms with Crippen molar-refractivity contribution in [2.24, 2.45) is 0 Å². The van der Waals surface area contributed by atoms with Gasteiger partial charge in [-0.1, -0.05) is 18.2 Å². The molecule has 36 heavy (non-hydrogen) atoms. The van der Waals surface area contributed by atoms with Gasteiger partial charge in [-0.15, -0.1) is 10.2 Å². The fraction of sp³-hybridized carbons (Fsp3) is 0.115. The Balaban J connectivity index is 1.27. The molecule has 0 radical (unpaired) electrons. The molecular formula is C26H20N6O3S. The van der Waals surface area contributed by atoms with Gasteiger partial charge in [-0.3, -0.25) is 14.5 Å². The van der Waals surface area contributed by atoms with E-state index in [4.69, 9.17) is 0 Å². The molecule has 0 saturated heterocycles. The summed E-state index contributed by atoms with van der Waals surface area (Å²) < 4.78 is 30.2. The number of anilines is 1. The van der Waals surface area contributed by atoms with Crippen LogP contribution in [-0.2, 0) is 16.4 Å². The summed E-state index contributed by atoms with van der Waals surface area (Å²) in [5, 5.41) is 13.1. The summed E-state index contributed by atoms with van der Waals surface area (Å²) in [6.07, 6.45) is 5.42. The number of fused-ring (bicyclic) bond motifs is 2. The maximum Gasteiger partial charge on any atom is 0.261 e. The Morgan fingerprint density at radius 1 is 0.889 bits per heavy atom. The number of Topliss-reactive ketones (excluding diaryl/α,β-unsaturated/α-hetero) is 1. The van der Waals surface area contributed by atoms with Crippen molar-refractivity contribution in [2.45, 2.75) is 24.2 Å². The van der Waals surface area contributed by atoms with Crippen molar-refractivity contribution in [1.29, 1.82) is 0 Å². The summed E-state index contributed by atoms with van der Waals surface area (Å²) in [7, 11) is -3.85. The van der Waals surface area contributed by atoms with Crippen LogP contribution in [0.1, 0.15) is 28.8 Å². The van der Waals surface area contributed by atoms with E-state index in [1.165, 1.54) is 6.07 Å². The molecule has 0 bridgehead atoms. The van der Waals surface area contributed by atoms with Crippen molar-refractivity contribution in [1.82, 2.24) is 24.8 Å². The topological polar surface area (TPSA) is 119 Å².